The fraction of sp³-hybridized carbons (Fsp3) is 0.143. The van der Waals surface area contributed by atoms with E-state index in [0.717, 1.165) is 36.4 Å². The highest BCUT2D eigenvalue weighted by atomic mass is 16.6. The summed E-state index contributed by atoms with van der Waals surface area (Å²) < 4.78 is 1.68. The second-order valence-corrected chi connectivity index (χ2v) is 7.50. The number of nitrogens with zero attached hydrogens (tertiary/aromatic N) is 7. The van der Waals surface area contributed by atoms with E-state index < -0.39 is 42.4 Å². The molecule has 0 fully saturated rings. The van der Waals surface area contributed by atoms with Crippen molar-refractivity contribution in [2.24, 2.45) is 17.0 Å². The molecule has 36 heavy (non-hydrogen) atoms. The molecule has 3 aromatic rings. The maximum absolute atomic E-state index is 11.1. The van der Waals surface area contributed by atoms with E-state index in [9.17, 15) is 40.5 Å². The maximum atomic E-state index is 11.1. The third kappa shape index (κ3) is 5.41. The summed E-state index contributed by atoms with van der Waals surface area (Å²) in [5.74, 6) is 0. The minimum atomic E-state index is -0.750. The number of hydrogen-bond donors (Lipinski definition) is 0. The molecule has 2 aromatic carbocycles. The van der Waals surface area contributed by atoms with Gasteiger partial charge in [0.25, 0.3) is 22.7 Å². The standard InChI is InChI=1S/C21H17N7O8/c1-12(22-14-6-16(25(29)30)10-17(7-14)26(31)32)20-4-5-21(24(20)3)13(2)23-15-8-18(27(33)34)11-19(9-15)28(35)36/h4-11H,1-3H3. The molecule has 0 spiro atoms. The van der Waals surface area contributed by atoms with Gasteiger partial charge >= 0.3 is 0 Å². The van der Waals surface area contributed by atoms with E-state index in [0.29, 0.717) is 22.8 Å². The Hall–Kier alpha value is -5.34. The number of rotatable bonds is 8. The molecule has 184 valence electrons. The maximum Gasteiger partial charge on any atom is 0.278 e. The molecule has 1 heterocycles. The van der Waals surface area contributed by atoms with Crippen molar-refractivity contribution < 1.29 is 19.7 Å². The third-order valence-corrected chi connectivity index (χ3v) is 5.07. The molecule has 1 aromatic heterocycles. The van der Waals surface area contributed by atoms with Crippen molar-refractivity contribution in [3.63, 3.8) is 0 Å². The van der Waals surface area contributed by atoms with Crippen molar-refractivity contribution in [1.29, 1.82) is 0 Å². The van der Waals surface area contributed by atoms with Gasteiger partial charge in [0.05, 0.1) is 66.0 Å². The lowest BCUT2D eigenvalue weighted by atomic mass is 10.2. The summed E-state index contributed by atoms with van der Waals surface area (Å²) in [5.41, 5.74) is 0.0207. The quantitative estimate of drug-likeness (QED) is 0.237. The summed E-state index contributed by atoms with van der Waals surface area (Å²) in [4.78, 5) is 50.1. The van der Waals surface area contributed by atoms with Gasteiger partial charge in [0.2, 0.25) is 0 Å². The molecule has 0 aliphatic rings. The molecule has 0 saturated carbocycles. The van der Waals surface area contributed by atoms with Gasteiger partial charge in [-0.1, -0.05) is 0 Å². The van der Waals surface area contributed by atoms with Crippen LogP contribution in [0.15, 0.2) is 58.5 Å². The van der Waals surface area contributed by atoms with Gasteiger partial charge in [0.15, 0.2) is 0 Å². The molecule has 15 heteroatoms. The number of nitro benzene ring substituents is 4. The Labute approximate surface area is 201 Å². The second kappa shape index (κ2) is 9.88. The van der Waals surface area contributed by atoms with Crippen LogP contribution in [-0.4, -0.2) is 35.7 Å². The van der Waals surface area contributed by atoms with E-state index in [2.05, 4.69) is 9.98 Å². The summed E-state index contributed by atoms with van der Waals surface area (Å²) in [7, 11) is 1.68. The lowest BCUT2D eigenvalue weighted by Crippen LogP contribution is -2.09. The smallest absolute Gasteiger partial charge is 0.278 e. The van der Waals surface area contributed by atoms with Gasteiger partial charge in [0, 0.05) is 31.3 Å². The molecule has 0 amide bonds. The zero-order chi connectivity index (χ0) is 26.7. The van der Waals surface area contributed by atoms with Crippen molar-refractivity contribution >= 4 is 45.5 Å². The first-order valence-electron chi connectivity index (χ1n) is 10.0. The summed E-state index contributed by atoms with van der Waals surface area (Å²) in [6, 6.07) is 9.49. The predicted octanol–water partition coefficient (Wildman–Crippen LogP) is 4.94. The fourth-order valence-corrected chi connectivity index (χ4v) is 3.45. The van der Waals surface area contributed by atoms with Crippen LogP contribution in [0.5, 0.6) is 0 Å². The largest absolute Gasteiger partial charge is 0.342 e. The molecule has 0 N–H and O–H groups in total. The summed E-state index contributed by atoms with van der Waals surface area (Å²) in [5, 5.41) is 44.5. The highest BCUT2D eigenvalue weighted by molar-refractivity contribution is 6.04. The first kappa shape index (κ1) is 25.3. The average Bonchev–Trinajstić information content (AvgIpc) is 3.19. The van der Waals surface area contributed by atoms with Crippen LogP contribution >= 0.6 is 0 Å². The van der Waals surface area contributed by atoms with Crippen molar-refractivity contribution in [3.8, 4) is 0 Å². The third-order valence-electron chi connectivity index (χ3n) is 5.07. The van der Waals surface area contributed by atoms with Gasteiger partial charge in [-0.15, -0.1) is 0 Å². The Morgan fingerprint density at radius 2 is 0.889 bits per heavy atom. The Morgan fingerprint density at radius 1 is 0.611 bits per heavy atom. The zero-order valence-corrected chi connectivity index (χ0v) is 19.0. The Bertz CT molecular complexity index is 1320. The molecule has 15 nitrogen and oxygen atoms in total. The average molecular weight is 495 g/mol. The molecule has 0 atom stereocenters. The van der Waals surface area contributed by atoms with Crippen molar-refractivity contribution in [2.75, 3.05) is 0 Å². The molecular formula is C21H17N7O8. The van der Waals surface area contributed by atoms with Crippen molar-refractivity contribution in [2.45, 2.75) is 13.8 Å². The fourth-order valence-electron chi connectivity index (χ4n) is 3.45. The van der Waals surface area contributed by atoms with Crippen molar-refractivity contribution in [3.05, 3.63) is 100 Å². The monoisotopic (exact) mass is 495 g/mol. The number of nitro groups is 4. The van der Waals surface area contributed by atoms with Gasteiger partial charge in [-0.3, -0.25) is 50.4 Å². The second-order valence-electron chi connectivity index (χ2n) is 7.50. The number of benzene rings is 2. The molecule has 0 unspecified atom stereocenters. The summed E-state index contributed by atoms with van der Waals surface area (Å²) in [6.07, 6.45) is 0. The SMILES string of the molecule is CC(=Nc1cc([N+](=O)[O-])cc([N+](=O)[O-])c1)c1ccc(C(C)=Nc2cc([N+](=O)[O-])cc([N+](=O)[O-])c2)n1C. The molecule has 0 aliphatic heterocycles. The van der Waals surface area contributed by atoms with Crippen LogP contribution in [0.4, 0.5) is 34.1 Å². The van der Waals surface area contributed by atoms with E-state index in [4.69, 9.17) is 0 Å². The topological polar surface area (TPSA) is 202 Å². The van der Waals surface area contributed by atoms with Gasteiger partial charge in [-0.2, -0.15) is 0 Å². The summed E-state index contributed by atoms with van der Waals surface area (Å²) >= 11 is 0. The van der Waals surface area contributed by atoms with Crippen LogP contribution in [0.1, 0.15) is 25.2 Å². The number of hydrogen-bond acceptors (Lipinski definition) is 10. The van der Waals surface area contributed by atoms with Crippen LogP contribution in [0, 0.1) is 40.5 Å². The zero-order valence-electron chi connectivity index (χ0n) is 19.0. The molecular weight excluding hydrogens is 478 g/mol. The van der Waals surface area contributed by atoms with Crippen LogP contribution < -0.4 is 0 Å². The van der Waals surface area contributed by atoms with Crippen LogP contribution in [-0.2, 0) is 7.05 Å². The highest BCUT2D eigenvalue weighted by Gasteiger charge is 2.19. The lowest BCUT2D eigenvalue weighted by molar-refractivity contribution is -0.394. The molecule has 3 rings (SSSR count). The van der Waals surface area contributed by atoms with Gasteiger partial charge < -0.3 is 4.57 Å². The predicted molar refractivity (Wildman–Crippen MR) is 129 cm³/mol. The molecule has 0 bridgehead atoms. The van der Waals surface area contributed by atoms with E-state index >= 15 is 0 Å². The highest BCUT2D eigenvalue weighted by Crippen LogP contribution is 2.30. The Morgan fingerprint density at radius 3 is 1.14 bits per heavy atom. The minimum Gasteiger partial charge on any atom is -0.342 e. The van der Waals surface area contributed by atoms with Crippen LogP contribution in [0.2, 0.25) is 0 Å². The molecule has 0 aliphatic carbocycles. The van der Waals surface area contributed by atoms with Gasteiger partial charge in [0.1, 0.15) is 0 Å². The first-order chi connectivity index (χ1) is 16.9. The lowest BCUT2D eigenvalue weighted by Gasteiger charge is -2.08. The van der Waals surface area contributed by atoms with E-state index in [1.807, 2.05) is 0 Å². The number of aromatic nitrogens is 1. The number of aliphatic imine (C=N–C) groups is 2. The van der Waals surface area contributed by atoms with Crippen LogP contribution in [0.3, 0.4) is 0 Å². The van der Waals surface area contributed by atoms with Crippen molar-refractivity contribution in [1.82, 2.24) is 4.57 Å². The first-order valence-corrected chi connectivity index (χ1v) is 10.0. The summed E-state index contributed by atoms with van der Waals surface area (Å²) in [6.45, 7) is 3.22. The Balaban J connectivity index is 2.01. The van der Waals surface area contributed by atoms with E-state index in [1.165, 1.54) is 0 Å². The molecule has 0 radical (unpaired) electrons. The molecule has 0 saturated heterocycles. The number of non-ortho nitro benzene ring substituents is 4. The van der Waals surface area contributed by atoms with Crippen LogP contribution in [0.25, 0.3) is 0 Å². The van der Waals surface area contributed by atoms with Gasteiger partial charge in [-0.05, 0) is 26.0 Å². The van der Waals surface area contributed by atoms with Gasteiger partial charge in [-0.25, -0.2) is 0 Å². The Kier molecular flexibility index (Phi) is 6.94. The van der Waals surface area contributed by atoms with E-state index in [1.54, 1.807) is 37.6 Å². The van der Waals surface area contributed by atoms with E-state index in [-0.39, 0.29) is 11.4 Å². The normalized spacial score (nSPS) is 11.9. The minimum absolute atomic E-state index is 0.0189.